The molecule has 0 aliphatic heterocycles. The first-order chi connectivity index (χ1) is 16.8. The molecule has 0 radical (unpaired) electrons. The first-order valence-electron chi connectivity index (χ1n) is 11.0. The Balaban J connectivity index is 2.51. The summed E-state index contributed by atoms with van der Waals surface area (Å²) in [4.78, 5) is 27.6. The van der Waals surface area contributed by atoms with Gasteiger partial charge < -0.3 is 10.2 Å². The number of hydrogen-bond acceptors (Lipinski definition) is 4. The van der Waals surface area contributed by atoms with Crippen molar-refractivity contribution in [3.8, 4) is 0 Å². The van der Waals surface area contributed by atoms with Crippen LogP contribution in [0, 0.1) is 0 Å². The molecule has 0 aliphatic rings. The summed E-state index contributed by atoms with van der Waals surface area (Å²) in [6, 6.07) is 8.09. The Hall–Kier alpha value is -2.31. The number of amides is 2. The van der Waals surface area contributed by atoms with Crippen molar-refractivity contribution in [3.05, 3.63) is 63.1 Å². The van der Waals surface area contributed by atoms with Gasteiger partial charge in [-0.1, -0.05) is 39.7 Å². The van der Waals surface area contributed by atoms with Gasteiger partial charge in [-0.3, -0.25) is 13.9 Å². The summed E-state index contributed by atoms with van der Waals surface area (Å²) >= 11 is 9.40. The number of halogens is 5. The van der Waals surface area contributed by atoms with Gasteiger partial charge in [-0.05, 0) is 63.6 Å². The van der Waals surface area contributed by atoms with Crippen LogP contribution in [0.25, 0.3) is 0 Å². The van der Waals surface area contributed by atoms with Gasteiger partial charge in [-0.2, -0.15) is 13.2 Å². The van der Waals surface area contributed by atoms with Crippen molar-refractivity contribution in [2.75, 3.05) is 17.1 Å². The van der Waals surface area contributed by atoms with Crippen molar-refractivity contribution in [1.82, 2.24) is 10.2 Å². The monoisotopic (exact) mass is 625 g/mol. The summed E-state index contributed by atoms with van der Waals surface area (Å²) in [6.45, 7) is 5.85. The van der Waals surface area contributed by atoms with Crippen LogP contribution in [-0.2, 0) is 32.3 Å². The lowest BCUT2D eigenvalue weighted by molar-refractivity contribution is -0.140. The number of anilines is 1. The minimum Gasteiger partial charge on any atom is -0.350 e. The van der Waals surface area contributed by atoms with E-state index in [4.69, 9.17) is 11.6 Å². The summed E-state index contributed by atoms with van der Waals surface area (Å²) in [6.07, 6.45) is -4.01. The van der Waals surface area contributed by atoms with Crippen LogP contribution < -0.4 is 9.62 Å². The normalized spacial score (nSPS) is 13.1. The Bertz CT molecular complexity index is 1250. The molecule has 2 amide bonds. The van der Waals surface area contributed by atoms with E-state index in [1.807, 2.05) is 0 Å². The Labute approximate surface area is 228 Å². The van der Waals surface area contributed by atoms with Crippen molar-refractivity contribution >= 4 is 55.1 Å². The first-order valence-corrected chi connectivity index (χ1v) is 14.0. The average molecular weight is 627 g/mol. The van der Waals surface area contributed by atoms with Gasteiger partial charge in [-0.25, -0.2) is 8.42 Å². The molecule has 0 unspecified atom stereocenters. The summed E-state index contributed by atoms with van der Waals surface area (Å²) in [5.74, 6) is -1.29. The van der Waals surface area contributed by atoms with E-state index in [2.05, 4.69) is 21.2 Å². The molecule has 2 aromatic carbocycles. The van der Waals surface area contributed by atoms with Crippen LogP contribution in [-0.4, -0.2) is 49.5 Å². The van der Waals surface area contributed by atoms with Gasteiger partial charge in [0.15, 0.2) is 0 Å². The quantitative estimate of drug-likeness (QED) is 0.436. The molecule has 1 atom stereocenters. The van der Waals surface area contributed by atoms with Crippen LogP contribution in [0.2, 0.25) is 5.02 Å². The second kappa shape index (κ2) is 11.6. The zero-order chi connectivity index (χ0) is 28.3. The predicted molar refractivity (Wildman–Crippen MR) is 141 cm³/mol. The SMILES string of the molecule is C[C@H](C(=O)NC(C)(C)C)N(Cc1ccc(Br)cc1)C(=O)CN(c1cc(C(F)(F)F)ccc1Cl)S(C)(=O)=O. The predicted octanol–water partition coefficient (Wildman–Crippen LogP) is 5.22. The summed E-state index contributed by atoms with van der Waals surface area (Å²) in [5.41, 5.74) is -1.59. The van der Waals surface area contributed by atoms with E-state index in [9.17, 15) is 31.2 Å². The molecule has 2 rings (SSSR count). The number of benzene rings is 2. The number of carbonyl (C=O) groups excluding carboxylic acids is 2. The van der Waals surface area contributed by atoms with Gasteiger partial charge in [0, 0.05) is 16.6 Å². The number of alkyl halides is 3. The average Bonchev–Trinajstić information content (AvgIpc) is 2.74. The highest BCUT2D eigenvalue weighted by molar-refractivity contribution is 9.10. The molecule has 2 aromatic rings. The topological polar surface area (TPSA) is 86.8 Å². The molecule has 0 aliphatic carbocycles. The van der Waals surface area contributed by atoms with Crippen LogP contribution in [0.1, 0.15) is 38.8 Å². The van der Waals surface area contributed by atoms with Crippen LogP contribution in [0.5, 0.6) is 0 Å². The third-order valence-corrected chi connectivity index (χ3v) is 7.13. The fourth-order valence-corrected chi connectivity index (χ4v) is 4.71. The minimum absolute atomic E-state index is 0.0568. The molecular weight excluding hydrogens is 599 g/mol. The molecule has 0 bridgehead atoms. The number of nitrogens with zero attached hydrogens (tertiary/aromatic N) is 2. The maximum absolute atomic E-state index is 13.5. The maximum Gasteiger partial charge on any atom is 0.416 e. The van der Waals surface area contributed by atoms with Crippen molar-refractivity contribution in [2.45, 2.75) is 52.0 Å². The van der Waals surface area contributed by atoms with E-state index in [1.165, 1.54) is 11.8 Å². The third kappa shape index (κ3) is 8.89. The molecule has 0 heterocycles. The molecule has 1 N–H and O–H groups in total. The molecule has 0 saturated heterocycles. The van der Waals surface area contributed by atoms with Gasteiger partial charge >= 0.3 is 6.18 Å². The highest BCUT2D eigenvalue weighted by Gasteiger charge is 2.35. The molecule has 0 fully saturated rings. The Morgan fingerprint density at radius 3 is 2.14 bits per heavy atom. The lowest BCUT2D eigenvalue weighted by Gasteiger charge is -2.33. The van der Waals surface area contributed by atoms with Gasteiger partial charge in [-0.15, -0.1) is 0 Å². The van der Waals surface area contributed by atoms with E-state index in [0.717, 1.165) is 16.8 Å². The van der Waals surface area contributed by atoms with E-state index >= 15 is 0 Å². The van der Waals surface area contributed by atoms with Crippen LogP contribution >= 0.6 is 27.5 Å². The number of nitrogens with one attached hydrogen (secondary N) is 1. The fraction of sp³-hybridized carbons (Fsp3) is 0.417. The standard InChI is InChI=1S/C24H28BrClF3N3O4S/c1-15(22(34)30-23(2,3)4)31(13-16-6-9-18(25)10-7-16)21(33)14-32(37(5,35)36)20-12-17(24(27,28)29)8-11-19(20)26/h6-12,15H,13-14H2,1-5H3,(H,30,34)/t15-/m1/s1. The van der Waals surface area contributed by atoms with Gasteiger partial charge in [0.25, 0.3) is 0 Å². The smallest absolute Gasteiger partial charge is 0.350 e. The Kier molecular flexibility index (Phi) is 9.70. The van der Waals surface area contributed by atoms with Crippen molar-refractivity contribution in [3.63, 3.8) is 0 Å². The van der Waals surface area contributed by atoms with Crippen molar-refractivity contribution < 1.29 is 31.2 Å². The third-order valence-electron chi connectivity index (χ3n) is 5.15. The lowest BCUT2D eigenvalue weighted by Crippen LogP contribution is -2.54. The molecule has 37 heavy (non-hydrogen) atoms. The van der Waals surface area contributed by atoms with Gasteiger partial charge in [0.05, 0.1) is 22.5 Å². The van der Waals surface area contributed by atoms with Crippen LogP contribution in [0.4, 0.5) is 18.9 Å². The maximum atomic E-state index is 13.5. The van der Waals surface area contributed by atoms with E-state index in [0.29, 0.717) is 22.0 Å². The van der Waals surface area contributed by atoms with E-state index in [-0.39, 0.29) is 11.6 Å². The van der Waals surface area contributed by atoms with Crippen LogP contribution in [0.15, 0.2) is 46.9 Å². The summed E-state index contributed by atoms with van der Waals surface area (Å²) < 4.78 is 66.5. The zero-order valence-corrected chi connectivity index (χ0v) is 24.0. The van der Waals surface area contributed by atoms with E-state index < -0.39 is 57.4 Å². The molecule has 0 spiro atoms. The van der Waals surface area contributed by atoms with Gasteiger partial charge in [0.2, 0.25) is 21.8 Å². The molecule has 204 valence electrons. The molecule has 0 aromatic heterocycles. The molecule has 13 heteroatoms. The second-order valence-electron chi connectivity index (χ2n) is 9.50. The molecular formula is C24H28BrClF3N3O4S. The first kappa shape index (κ1) is 30.9. The zero-order valence-electron chi connectivity index (χ0n) is 20.9. The van der Waals surface area contributed by atoms with Crippen molar-refractivity contribution in [1.29, 1.82) is 0 Å². The summed E-state index contributed by atoms with van der Waals surface area (Å²) in [5, 5.41) is 2.49. The number of sulfonamides is 1. The second-order valence-corrected chi connectivity index (χ2v) is 12.7. The lowest BCUT2D eigenvalue weighted by atomic mass is 10.1. The van der Waals surface area contributed by atoms with Gasteiger partial charge in [0.1, 0.15) is 12.6 Å². The highest BCUT2D eigenvalue weighted by Crippen LogP contribution is 2.36. The fourth-order valence-electron chi connectivity index (χ4n) is 3.32. The number of rotatable bonds is 8. The largest absolute Gasteiger partial charge is 0.416 e. The highest BCUT2D eigenvalue weighted by atomic mass is 79.9. The Morgan fingerprint density at radius 1 is 1.08 bits per heavy atom. The minimum atomic E-state index is -4.76. The van der Waals surface area contributed by atoms with E-state index in [1.54, 1.807) is 45.0 Å². The Morgan fingerprint density at radius 2 is 1.65 bits per heavy atom. The number of hydrogen-bond donors (Lipinski definition) is 1. The molecule has 0 saturated carbocycles. The molecule has 7 nitrogen and oxygen atoms in total. The summed E-state index contributed by atoms with van der Waals surface area (Å²) in [7, 11) is -4.26. The number of carbonyl (C=O) groups is 2. The van der Waals surface area contributed by atoms with Crippen molar-refractivity contribution in [2.24, 2.45) is 0 Å². The van der Waals surface area contributed by atoms with Crippen LogP contribution in [0.3, 0.4) is 0 Å².